The predicted molar refractivity (Wildman–Crippen MR) is 111 cm³/mol. The molecule has 0 atom stereocenters. The van der Waals surface area contributed by atoms with Gasteiger partial charge in [0.15, 0.2) is 5.65 Å². The number of anilines is 2. The summed E-state index contributed by atoms with van der Waals surface area (Å²) in [6, 6.07) is 4.13. The van der Waals surface area contributed by atoms with E-state index in [9.17, 15) is 0 Å². The molecule has 9 heteroatoms. The Bertz CT molecular complexity index is 1170. The van der Waals surface area contributed by atoms with Crippen LogP contribution in [0.25, 0.3) is 16.9 Å². The largest absolute Gasteiger partial charge is 0.353 e. The van der Waals surface area contributed by atoms with Crippen LogP contribution in [0.4, 0.5) is 11.6 Å². The zero-order chi connectivity index (χ0) is 20.0. The molecule has 1 aliphatic rings. The lowest BCUT2D eigenvalue weighted by Crippen LogP contribution is -2.47. The summed E-state index contributed by atoms with van der Waals surface area (Å²) in [6.45, 7) is 7.54. The van der Waals surface area contributed by atoms with Gasteiger partial charge >= 0.3 is 0 Å². The van der Waals surface area contributed by atoms with Crippen molar-refractivity contribution in [3.05, 3.63) is 48.3 Å². The van der Waals surface area contributed by atoms with Crippen molar-refractivity contribution in [3.8, 4) is 11.3 Å². The lowest BCUT2D eigenvalue weighted by molar-refractivity contribution is 0.632. The van der Waals surface area contributed by atoms with Gasteiger partial charge in [0.1, 0.15) is 11.6 Å². The average Bonchev–Trinajstić information content (AvgIpc) is 3.32. The molecule has 1 saturated heterocycles. The number of aromatic nitrogens is 7. The maximum absolute atomic E-state index is 4.81. The van der Waals surface area contributed by atoms with E-state index in [1.807, 2.05) is 50.1 Å². The molecule has 0 unspecified atom stereocenters. The van der Waals surface area contributed by atoms with Crippen molar-refractivity contribution in [2.24, 2.45) is 7.05 Å². The quantitative estimate of drug-likeness (QED) is 0.529. The summed E-state index contributed by atoms with van der Waals surface area (Å²) >= 11 is 0. The first-order valence-electron chi connectivity index (χ1n) is 9.72. The molecule has 4 aromatic heterocycles. The molecule has 0 saturated carbocycles. The molecule has 1 aliphatic heterocycles. The third-order valence-electron chi connectivity index (χ3n) is 5.21. The molecule has 29 heavy (non-hydrogen) atoms. The zero-order valence-electron chi connectivity index (χ0n) is 16.8. The Morgan fingerprint density at radius 3 is 2.41 bits per heavy atom. The second kappa shape index (κ2) is 6.84. The first-order valence-corrected chi connectivity index (χ1v) is 9.72. The first-order chi connectivity index (χ1) is 14.1. The molecule has 4 aromatic rings. The number of piperazine rings is 1. The van der Waals surface area contributed by atoms with E-state index in [2.05, 4.69) is 36.0 Å². The molecule has 0 amide bonds. The van der Waals surface area contributed by atoms with Gasteiger partial charge in [0.05, 0.1) is 30.0 Å². The van der Waals surface area contributed by atoms with Gasteiger partial charge in [-0.3, -0.25) is 9.67 Å². The van der Waals surface area contributed by atoms with E-state index in [1.165, 1.54) is 0 Å². The minimum Gasteiger partial charge on any atom is -0.353 e. The maximum Gasteiger partial charge on any atom is 0.157 e. The molecule has 0 aromatic carbocycles. The van der Waals surface area contributed by atoms with Gasteiger partial charge in [-0.2, -0.15) is 14.7 Å². The molecule has 1 fully saturated rings. The minimum atomic E-state index is 0.844. The van der Waals surface area contributed by atoms with Gasteiger partial charge in [0.25, 0.3) is 0 Å². The number of aryl methyl sites for hydroxylation is 3. The third kappa shape index (κ3) is 3.28. The molecule has 9 nitrogen and oxygen atoms in total. The number of fused-ring (bicyclic) bond motifs is 1. The monoisotopic (exact) mass is 389 g/mol. The fourth-order valence-corrected chi connectivity index (χ4v) is 3.79. The lowest BCUT2D eigenvalue weighted by atomic mass is 10.2. The van der Waals surface area contributed by atoms with Crippen LogP contribution in [-0.4, -0.2) is 60.5 Å². The lowest BCUT2D eigenvalue weighted by Gasteiger charge is -2.36. The van der Waals surface area contributed by atoms with Crippen LogP contribution in [-0.2, 0) is 7.05 Å². The van der Waals surface area contributed by atoms with E-state index in [0.29, 0.717) is 0 Å². The standard InChI is InChI=1S/C20H23N9/c1-14-9-20(29-18(23-14)8-15(2)25-29)28-6-4-27(5-7-28)19-12-21-11-17(24-19)16-10-22-26(3)13-16/h8-13H,4-7H2,1-3H3. The van der Waals surface area contributed by atoms with E-state index < -0.39 is 0 Å². The smallest absolute Gasteiger partial charge is 0.157 e. The summed E-state index contributed by atoms with van der Waals surface area (Å²) in [5, 5.41) is 8.85. The van der Waals surface area contributed by atoms with Crippen LogP contribution in [0.5, 0.6) is 0 Å². The summed E-state index contributed by atoms with van der Waals surface area (Å²) in [4.78, 5) is 18.4. The van der Waals surface area contributed by atoms with Crippen LogP contribution in [0.3, 0.4) is 0 Å². The van der Waals surface area contributed by atoms with Gasteiger partial charge in [-0.15, -0.1) is 0 Å². The van der Waals surface area contributed by atoms with Crippen molar-refractivity contribution < 1.29 is 0 Å². The maximum atomic E-state index is 4.81. The van der Waals surface area contributed by atoms with Crippen molar-refractivity contribution >= 4 is 17.3 Å². The normalized spacial score (nSPS) is 14.7. The molecular weight excluding hydrogens is 366 g/mol. The summed E-state index contributed by atoms with van der Waals surface area (Å²) in [7, 11) is 1.90. The van der Waals surface area contributed by atoms with Gasteiger partial charge < -0.3 is 9.80 Å². The van der Waals surface area contributed by atoms with Gasteiger partial charge in [0, 0.05) is 62.8 Å². The van der Waals surface area contributed by atoms with Crippen LogP contribution in [0, 0.1) is 13.8 Å². The van der Waals surface area contributed by atoms with Crippen molar-refractivity contribution in [2.45, 2.75) is 13.8 Å². The Morgan fingerprint density at radius 1 is 0.862 bits per heavy atom. The fraction of sp³-hybridized carbons (Fsp3) is 0.350. The highest BCUT2D eigenvalue weighted by Gasteiger charge is 2.22. The molecule has 0 bridgehead atoms. The minimum absolute atomic E-state index is 0.844. The number of hydrogen-bond donors (Lipinski definition) is 0. The predicted octanol–water partition coefficient (Wildman–Crippen LogP) is 1.86. The van der Waals surface area contributed by atoms with E-state index in [-0.39, 0.29) is 0 Å². The third-order valence-corrected chi connectivity index (χ3v) is 5.21. The summed E-state index contributed by atoms with van der Waals surface area (Å²) < 4.78 is 3.72. The van der Waals surface area contributed by atoms with Crippen LogP contribution < -0.4 is 9.80 Å². The van der Waals surface area contributed by atoms with Gasteiger partial charge in [-0.1, -0.05) is 0 Å². The number of rotatable bonds is 3. The highest BCUT2D eigenvalue weighted by molar-refractivity contribution is 5.59. The Balaban J connectivity index is 1.36. The zero-order valence-corrected chi connectivity index (χ0v) is 16.8. The van der Waals surface area contributed by atoms with Crippen molar-refractivity contribution in [3.63, 3.8) is 0 Å². The number of hydrogen-bond acceptors (Lipinski definition) is 7. The topological polar surface area (TPSA) is 80.3 Å². The second-order valence-electron chi connectivity index (χ2n) is 7.45. The van der Waals surface area contributed by atoms with Crippen LogP contribution >= 0.6 is 0 Å². The Hall–Kier alpha value is -3.49. The summed E-state index contributed by atoms with van der Waals surface area (Å²) in [6.07, 6.45) is 7.39. The molecular formula is C20H23N9. The molecule has 5 rings (SSSR count). The molecule has 0 radical (unpaired) electrons. The molecule has 0 N–H and O–H groups in total. The average molecular weight is 389 g/mol. The van der Waals surface area contributed by atoms with Crippen molar-refractivity contribution in [1.82, 2.24) is 34.3 Å². The molecule has 148 valence electrons. The second-order valence-corrected chi connectivity index (χ2v) is 7.45. The van der Waals surface area contributed by atoms with Gasteiger partial charge in [-0.25, -0.2) is 9.97 Å². The Morgan fingerprint density at radius 2 is 1.66 bits per heavy atom. The summed E-state index contributed by atoms with van der Waals surface area (Å²) in [5.41, 5.74) is 4.70. The van der Waals surface area contributed by atoms with E-state index in [1.54, 1.807) is 10.9 Å². The molecule has 5 heterocycles. The Labute approximate surface area is 168 Å². The highest BCUT2D eigenvalue weighted by atomic mass is 15.4. The van der Waals surface area contributed by atoms with Crippen molar-refractivity contribution in [1.29, 1.82) is 0 Å². The van der Waals surface area contributed by atoms with E-state index in [0.717, 1.165) is 66.1 Å². The molecule has 0 spiro atoms. The summed E-state index contributed by atoms with van der Waals surface area (Å²) in [5.74, 6) is 1.99. The fourth-order valence-electron chi connectivity index (χ4n) is 3.79. The van der Waals surface area contributed by atoms with Crippen LogP contribution in [0.2, 0.25) is 0 Å². The van der Waals surface area contributed by atoms with E-state index in [4.69, 9.17) is 4.98 Å². The van der Waals surface area contributed by atoms with Crippen LogP contribution in [0.15, 0.2) is 36.9 Å². The molecule has 0 aliphatic carbocycles. The van der Waals surface area contributed by atoms with Gasteiger partial charge in [0.2, 0.25) is 0 Å². The Kier molecular flexibility index (Phi) is 4.15. The van der Waals surface area contributed by atoms with Gasteiger partial charge in [-0.05, 0) is 13.8 Å². The highest BCUT2D eigenvalue weighted by Crippen LogP contribution is 2.23. The number of nitrogens with zero attached hydrogens (tertiary/aromatic N) is 9. The SMILES string of the molecule is Cc1cc(N2CCN(c3cncc(-c4cnn(C)c4)n3)CC2)n2nc(C)cc2n1. The first kappa shape index (κ1) is 17.6. The van der Waals surface area contributed by atoms with Crippen molar-refractivity contribution in [2.75, 3.05) is 36.0 Å². The van der Waals surface area contributed by atoms with Crippen LogP contribution in [0.1, 0.15) is 11.4 Å². The van der Waals surface area contributed by atoms with E-state index >= 15 is 0 Å².